The van der Waals surface area contributed by atoms with Crippen LogP contribution >= 0.6 is 0 Å². The molecule has 2 saturated carbocycles. The minimum Gasteiger partial charge on any atom is -0.390 e. The summed E-state index contributed by atoms with van der Waals surface area (Å²) in [5.74, 6) is -1.81. The Bertz CT molecular complexity index is 299. The maximum atomic E-state index is 11.4. The van der Waals surface area contributed by atoms with E-state index in [9.17, 15) is 19.8 Å². The minimum atomic E-state index is -0.835. The third-order valence-electron chi connectivity index (χ3n) is 3.93. The Balaban J connectivity index is 2.01. The van der Waals surface area contributed by atoms with Crippen LogP contribution in [-0.4, -0.2) is 34.2 Å². The second kappa shape index (κ2) is 2.35. The summed E-state index contributed by atoms with van der Waals surface area (Å²) in [4.78, 5) is 22.8. The van der Waals surface area contributed by atoms with Gasteiger partial charge < -0.3 is 10.2 Å². The summed E-state index contributed by atoms with van der Waals surface area (Å²) in [6.45, 7) is 0. The zero-order chi connectivity index (χ0) is 10.0. The van der Waals surface area contributed by atoms with E-state index in [0.717, 1.165) is 0 Å². The lowest BCUT2D eigenvalue weighted by Gasteiger charge is -2.29. The third-order valence-corrected chi connectivity index (χ3v) is 3.93. The summed E-state index contributed by atoms with van der Waals surface area (Å²) in [7, 11) is 0. The topological polar surface area (TPSA) is 86.6 Å². The average molecular weight is 197 g/mol. The van der Waals surface area contributed by atoms with E-state index in [1.54, 1.807) is 0 Å². The third kappa shape index (κ3) is 0.734. The molecule has 3 N–H and O–H groups in total. The Hall–Kier alpha value is -0.940. The fourth-order valence-electron chi connectivity index (χ4n) is 3.35. The minimum absolute atomic E-state index is 0.230. The summed E-state index contributed by atoms with van der Waals surface area (Å²) in [5.41, 5.74) is 0. The molecule has 3 fully saturated rings. The summed E-state index contributed by atoms with van der Waals surface area (Å²) < 4.78 is 0. The highest BCUT2D eigenvalue weighted by Gasteiger charge is 2.64. The molecular weight excluding hydrogens is 186 g/mol. The van der Waals surface area contributed by atoms with Crippen molar-refractivity contribution in [1.82, 2.24) is 5.32 Å². The fraction of sp³-hybridized carbons (Fsp3) is 0.778. The van der Waals surface area contributed by atoms with E-state index in [2.05, 4.69) is 5.32 Å². The summed E-state index contributed by atoms with van der Waals surface area (Å²) in [5, 5.41) is 21.5. The van der Waals surface area contributed by atoms with E-state index in [1.165, 1.54) is 0 Å². The average Bonchev–Trinajstić information content (AvgIpc) is 2.71. The number of carbonyl (C=O) groups excluding carboxylic acids is 2. The largest absolute Gasteiger partial charge is 0.390 e. The summed E-state index contributed by atoms with van der Waals surface area (Å²) >= 11 is 0. The molecule has 0 aromatic rings. The van der Waals surface area contributed by atoms with E-state index in [4.69, 9.17) is 0 Å². The van der Waals surface area contributed by atoms with Crippen LogP contribution in [0.3, 0.4) is 0 Å². The van der Waals surface area contributed by atoms with Crippen LogP contribution in [-0.2, 0) is 9.59 Å². The number of fused-ring (bicyclic) bond motifs is 5. The Morgan fingerprint density at radius 1 is 1.00 bits per heavy atom. The molecule has 14 heavy (non-hydrogen) atoms. The van der Waals surface area contributed by atoms with Gasteiger partial charge in [-0.3, -0.25) is 14.9 Å². The van der Waals surface area contributed by atoms with E-state index in [0.29, 0.717) is 6.42 Å². The van der Waals surface area contributed by atoms with Gasteiger partial charge in [-0.1, -0.05) is 0 Å². The Morgan fingerprint density at radius 2 is 1.43 bits per heavy atom. The number of imide groups is 1. The number of aliphatic hydroxyl groups excluding tert-OH is 2. The lowest BCUT2D eigenvalue weighted by molar-refractivity contribution is -0.129. The molecule has 1 saturated heterocycles. The first-order chi connectivity index (χ1) is 6.61. The normalized spacial score (nSPS) is 55.0. The molecule has 3 rings (SSSR count). The van der Waals surface area contributed by atoms with Gasteiger partial charge in [0.05, 0.1) is 24.0 Å². The van der Waals surface area contributed by atoms with Crippen LogP contribution in [0.4, 0.5) is 0 Å². The maximum absolute atomic E-state index is 11.4. The van der Waals surface area contributed by atoms with Crippen molar-refractivity contribution in [1.29, 1.82) is 0 Å². The molecular formula is C9H11NO4. The monoisotopic (exact) mass is 197 g/mol. The molecule has 0 aromatic heterocycles. The molecule has 2 aliphatic carbocycles. The molecule has 2 bridgehead atoms. The van der Waals surface area contributed by atoms with Crippen LogP contribution in [0.15, 0.2) is 0 Å². The van der Waals surface area contributed by atoms with Crippen molar-refractivity contribution in [2.45, 2.75) is 18.6 Å². The van der Waals surface area contributed by atoms with E-state index in [1.807, 2.05) is 0 Å². The highest BCUT2D eigenvalue weighted by Crippen LogP contribution is 2.54. The Kier molecular flexibility index (Phi) is 1.41. The first-order valence-corrected chi connectivity index (χ1v) is 4.82. The number of hydrogen-bond acceptors (Lipinski definition) is 4. The molecule has 5 unspecified atom stereocenters. The van der Waals surface area contributed by atoms with Gasteiger partial charge in [0.1, 0.15) is 0 Å². The number of amides is 2. The van der Waals surface area contributed by atoms with Crippen molar-refractivity contribution in [2.75, 3.05) is 0 Å². The molecule has 0 spiro atoms. The van der Waals surface area contributed by atoms with E-state index < -0.39 is 24.0 Å². The smallest absolute Gasteiger partial charge is 0.230 e. The Labute approximate surface area is 80.1 Å². The van der Waals surface area contributed by atoms with Crippen LogP contribution in [0.5, 0.6) is 0 Å². The highest BCUT2D eigenvalue weighted by atomic mass is 16.3. The lowest BCUT2D eigenvalue weighted by atomic mass is 9.78. The molecule has 1 heterocycles. The van der Waals surface area contributed by atoms with Gasteiger partial charge in [0.25, 0.3) is 0 Å². The van der Waals surface area contributed by atoms with Gasteiger partial charge in [0, 0.05) is 11.8 Å². The molecule has 2 amide bonds. The Morgan fingerprint density at radius 3 is 1.86 bits per heavy atom. The van der Waals surface area contributed by atoms with Crippen molar-refractivity contribution >= 4 is 11.8 Å². The first-order valence-electron chi connectivity index (χ1n) is 4.82. The van der Waals surface area contributed by atoms with Gasteiger partial charge >= 0.3 is 0 Å². The number of aliphatic hydroxyl groups is 2. The van der Waals surface area contributed by atoms with Crippen LogP contribution < -0.4 is 5.32 Å². The molecule has 6 atom stereocenters. The van der Waals surface area contributed by atoms with Crippen LogP contribution in [0.1, 0.15) is 6.42 Å². The maximum Gasteiger partial charge on any atom is 0.230 e. The van der Waals surface area contributed by atoms with Crippen LogP contribution in [0.2, 0.25) is 0 Å². The predicted octanol–water partition coefficient (Wildman–Crippen LogP) is -1.75. The van der Waals surface area contributed by atoms with Gasteiger partial charge in [0.2, 0.25) is 11.8 Å². The molecule has 5 nitrogen and oxygen atoms in total. The van der Waals surface area contributed by atoms with Crippen molar-refractivity contribution in [3.8, 4) is 0 Å². The first kappa shape index (κ1) is 8.38. The predicted molar refractivity (Wildman–Crippen MR) is 43.7 cm³/mol. The van der Waals surface area contributed by atoms with E-state index >= 15 is 0 Å². The molecule has 0 radical (unpaired) electrons. The van der Waals surface area contributed by atoms with Gasteiger partial charge in [0.15, 0.2) is 0 Å². The molecule has 3 aliphatic rings. The molecule has 76 valence electrons. The SMILES string of the molecule is O=C1NC(=O)C2C1C1CC2[C@H](O)C1O. The quantitative estimate of drug-likeness (QED) is 0.402. The lowest BCUT2D eigenvalue weighted by Crippen LogP contribution is -2.43. The van der Waals surface area contributed by atoms with Gasteiger partial charge in [-0.15, -0.1) is 0 Å². The van der Waals surface area contributed by atoms with Gasteiger partial charge in [-0.2, -0.15) is 0 Å². The van der Waals surface area contributed by atoms with Crippen LogP contribution in [0.25, 0.3) is 0 Å². The van der Waals surface area contributed by atoms with Crippen LogP contribution in [0, 0.1) is 23.7 Å². The second-order valence-electron chi connectivity index (χ2n) is 4.45. The zero-order valence-corrected chi connectivity index (χ0v) is 7.38. The zero-order valence-electron chi connectivity index (χ0n) is 7.38. The molecule has 0 aromatic carbocycles. The molecule has 1 aliphatic heterocycles. The standard InChI is InChI=1S/C9H11NO4/c11-6-2-1-3(7(6)12)5-4(2)8(13)10-9(5)14/h2-7,11-12H,1H2,(H,10,13,14)/t2?,3?,4?,5?,6-,7?/m0/s1. The number of rotatable bonds is 0. The van der Waals surface area contributed by atoms with Crippen molar-refractivity contribution in [2.24, 2.45) is 23.7 Å². The fourth-order valence-corrected chi connectivity index (χ4v) is 3.35. The number of nitrogens with one attached hydrogen (secondary N) is 1. The van der Waals surface area contributed by atoms with E-state index in [-0.39, 0.29) is 23.7 Å². The van der Waals surface area contributed by atoms with Crippen molar-refractivity contribution < 1.29 is 19.8 Å². The summed E-state index contributed by atoms with van der Waals surface area (Å²) in [6, 6.07) is 0. The van der Waals surface area contributed by atoms with Crippen molar-refractivity contribution in [3.05, 3.63) is 0 Å². The second-order valence-corrected chi connectivity index (χ2v) is 4.45. The number of hydrogen-bond donors (Lipinski definition) is 3. The van der Waals surface area contributed by atoms with Gasteiger partial charge in [-0.05, 0) is 6.42 Å². The summed E-state index contributed by atoms with van der Waals surface area (Å²) in [6.07, 6.45) is -1.08. The highest BCUT2D eigenvalue weighted by molar-refractivity contribution is 6.06. The van der Waals surface area contributed by atoms with Crippen molar-refractivity contribution in [3.63, 3.8) is 0 Å². The van der Waals surface area contributed by atoms with Gasteiger partial charge in [-0.25, -0.2) is 0 Å². The molecule has 5 heteroatoms. The number of carbonyl (C=O) groups is 2.